The van der Waals surface area contributed by atoms with Gasteiger partial charge in [-0.15, -0.1) is 0 Å². The summed E-state index contributed by atoms with van der Waals surface area (Å²) >= 11 is 0. The van der Waals surface area contributed by atoms with Crippen molar-refractivity contribution in [2.24, 2.45) is 0 Å². The van der Waals surface area contributed by atoms with Gasteiger partial charge in [-0.25, -0.2) is 4.57 Å². The summed E-state index contributed by atoms with van der Waals surface area (Å²) in [7, 11) is -4.31. The maximum absolute atomic E-state index is 13.9. The number of rotatable bonds is 14. The molecule has 0 aliphatic heterocycles. The monoisotopic (exact) mass is 633 g/mol. The lowest BCUT2D eigenvalue weighted by Gasteiger charge is -2.32. The third-order valence-electron chi connectivity index (χ3n) is 6.28. The molecule has 0 aliphatic rings. The largest absolute Gasteiger partial charge is 0.530 e. The summed E-state index contributed by atoms with van der Waals surface area (Å²) in [5.41, 5.74) is -1.24. The van der Waals surface area contributed by atoms with Crippen LogP contribution in [0, 0.1) is 0 Å². The zero-order chi connectivity index (χ0) is 33.7. The van der Waals surface area contributed by atoms with E-state index in [-0.39, 0.29) is 35.3 Å². The van der Waals surface area contributed by atoms with Crippen LogP contribution in [-0.4, -0.2) is 40.8 Å². The van der Waals surface area contributed by atoms with Gasteiger partial charge in [0.05, 0.1) is 30.6 Å². The number of carboxylic acids is 1. The predicted octanol–water partition coefficient (Wildman–Crippen LogP) is 7.33. The first kappa shape index (κ1) is 37.0. The number of amides is 1. The van der Waals surface area contributed by atoms with Crippen molar-refractivity contribution in [3.05, 3.63) is 64.7 Å². The van der Waals surface area contributed by atoms with E-state index in [0.29, 0.717) is 0 Å². The van der Waals surface area contributed by atoms with E-state index < -0.39 is 54.4 Å². The van der Waals surface area contributed by atoms with E-state index in [0.717, 1.165) is 5.56 Å². The summed E-state index contributed by atoms with van der Waals surface area (Å²) in [6, 6.07) is 12.3. The van der Waals surface area contributed by atoms with Crippen LogP contribution in [0.15, 0.2) is 42.5 Å². The number of hydrogen-bond acceptors (Lipinski definition) is 8. The Morgan fingerprint density at radius 1 is 0.886 bits per heavy atom. The van der Waals surface area contributed by atoms with Gasteiger partial charge in [0.1, 0.15) is 11.4 Å². The van der Waals surface area contributed by atoms with Gasteiger partial charge in [0.15, 0.2) is 0 Å². The third kappa shape index (κ3) is 11.1. The average molecular weight is 634 g/mol. The minimum atomic E-state index is -4.31. The highest BCUT2D eigenvalue weighted by Gasteiger charge is 2.38. The quantitative estimate of drug-likeness (QED) is 0.162. The summed E-state index contributed by atoms with van der Waals surface area (Å²) in [4.78, 5) is 38.9. The lowest BCUT2D eigenvalue weighted by atomic mass is 9.77. The van der Waals surface area contributed by atoms with Crippen LogP contribution in [-0.2, 0) is 45.3 Å². The maximum Gasteiger partial charge on any atom is 0.530 e. The summed E-state index contributed by atoms with van der Waals surface area (Å²) in [6.45, 7) is 18.9. The molecule has 0 bridgehead atoms. The van der Waals surface area contributed by atoms with Gasteiger partial charge < -0.3 is 19.7 Å². The number of carbonyl (C=O) groups excluding carboxylic acids is 2. The van der Waals surface area contributed by atoms with Crippen LogP contribution in [0.4, 0.5) is 0 Å². The molecule has 0 saturated heterocycles. The molecule has 2 N–H and O–H groups in total. The number of esters is 1. The van der Waals surface area contributed by atoms with E-state index >= 15 is 0 Å². The van der Waals surface area contributed by atoms with Crippen molar-refractivity contribution in [3.8, 4) is 5.75 Å². The molecule has 10 nitrogen and oxygen atoms in total. The van der Waals surface area contributed by atoms with E-state index in [2.05, 4.69) is 5.32 Å². The fourth-order valence-electron chi connectivity index (χ4n) is 4.77. The molecule has 0 heterocycles. The lowest BCUT2D eigenvalue weighted by molar-refractivity contribution is -0.154. The molecule has 11 heteroatoms. The van der Waals surface area contributed by atoms with Crippen LogP contribution < -0.4 is 9.84 Å². The number of phosphoric ester groups is 1. The number of benzene rings is 2. The second kappa shape index (κ2) is 14.3. The van der Waals surface area contributed by atoms with Crippen LogP contribution in [0.3, 0.4) is 0 Å². The highest BCUT2D eigenvalue weighted by atomic mass is 31.2. The van der Waals surface area contributed by atoms with Crippen molar-refractivity contribution < 1.29 is 42.4 Å². The Hall–Kier alpha value is -3.20. The summed E-state index contributed by atoms with van der Waals surface area (Å²) in [5.74, 6) is -2.29. The Morgan fingerprint density at radius 3 is 1.91 bits per heavy atom. The second-order valence-electron chi connectivity index (χ2n) is 13.5. The summed E-state index contributed by atoms with van der Waals surface area (Å²) < 4.78 is 36.8. The van der Waals surface area contributed by atoms with Gasteiger partial charge in [0.25, 0.3) is 5.91 Å². The Balaban J connectivity index is 2.84. The molecule has 244 valence electrons. The van der Waals surface area contributed by atoms with Gasteiger partial charge in [0.2, 0.25) is 0 Å². The standard InChI is InChI=1S/C33H48NO9P/c1-21(2)41-44(39,42-22(3)4)43-26-18-24(30(38)34-33(10,11)25-15-13-12-14-16-25)17-23(19-28(37)40-31(5,6)7)29(26)32(8,9)20-27(35)36/h12-18,21-22H,19-20H2,1-11H3,(H,34,38)(H,35,36). The molecule has 0 fully saturated rings. The van der Waals surface area contributed by atoms with E-state index in [1.165, 1.54) is 12.1 Å². The first-order chi connectivity index (χ1) is 20.0. The van der Waals surface area contributed by atoms with Crippen LogP contribution in [0.2, 0.25) is 0 Å². The fourth-order valence-corrected chi connectivity index (χ4v) is 6.32. The highest BCUT2D eigenvalue weighted by Crippen LogP contribution is 2.54. The first-order valence-electron chi connectivity index (χ1n) is 14.7. The predicted molar refractivity (Wildman–Crippen MR) is 169 cm³/mol. The first-order valence-corrected chi connectivity index (χ1v) is 16.1. The Morgan fingerprint density at radius 2 is 1.43 bits per heavy atom. The molecule has 0 radical (unpaired) electrons. The zero-order valence-electron chi connectivity index (χ0n) is 27.8. The molecule has 0 unspecified atom stereocenters. The van der Waals surface area contributed by atoms with Gasteiger partial charge in [0, 0.05) is 16.5 Å². The molecule has 0 saturated carbocycles. The van der Waals surface area contributed by atoms with Gasteiger partial charge >= 0.3 is 19.8 Å². The molecular formula is C33H48NO9P. The number of nitrogens with one attached hydrogen (secondary N) is 1. The topological polar surface area (TPSA) is 137 Å². The van der Waals surface area contributed by atoms with Crippen LogP contribution >= 0.6 is 7.82 Å². The number of phosphoric acid groups is 1. The number of aliphatic carboxylic acids is 1. The van der Waals surface area contributed by atoms with Gasteiger partial charge in [-0.2, -0.15) is 0 Å². The fraction of sp³-hybridized carbons (Fsp3) is 0.545. The average Bonchev–Trinajstić information content (AvgIpc) is 2.80. The Bertz CT molecular complexity index is 1360. The van der Waals surface area contributed by atoms with Gasteiger partial charge in [-0.05, 0) is 85.6 Å². The lowest BCUT2D eigenvalue weighted by Crippen LogP contribution is -2.41. The van der Waals surface area contributed by atoms with E-state index in [1.54, 1.807) is 62.3 Å². The van der Waals surface area contributed by atoms with Crippen molar-refractivity contribution in [1.29, 1.82) is 0 Å². The number of carboxylic acid groups (broad SMARTS) is 1. The molecular weight excluding hydrogens is 585 g/mol. The van der Waals surface area contributed by atoms with Crippen molar-refractivity contribution in [2.45, 2.75) is 118 Å². The van der Waals surface area contributed by atoms with Crippen molar-refractivity contribution in [2.75, 3.05) is 0 Å². The molecule has 0 aliphatic carbocycles. The number of hydrogen-bond donors (Lipinski definition) is 2. The Kier molecular flexibility index (Phi) is 12.0. The zero-order valence-corrected chi connectivity index (χ0v) is 28.7. The van der Waals surface area contributed by atoms with Crippen LogP contribution in [0.25, 0.3) is 0 Å². The molecule has 2 rings (SSSR count). The molecule has 44 heavy (non-hydrogen) atoms. The SMILES string of the molecule is CC(C)OP(=O)(Oc1cc(C(=O)NC(C)(C)c2ccccc2)cc(CC(=O)OC(C)(C)C)c1C(C)(C)CC(=O)O)OC(C)C. The second-order valence-corrected chi connectivity index (χ2v) is 15.0. The summed E-state index contributed by atoms with van der Waals surface area (Å²) in [5, 5.41) is 12.8. The van der Waals surface area contributed by atoms with Crippen molar-refractivity contribution in [3.63, 3.8) is 0 Å². The Labute approximate surface area is 261 Å². The molecule has 0 atom stereocenters. The number of ether oxygens (including phenoxy) is 1. The molecule has 0 aromatic heterocycles. The number of carbonyl (C=O) groups is 3. The van der Waals surface area contributed by atoms with Crippen molar-refractivity contribution in [1.82, 2.24) is 5.32 Å². The van der Waals surface area contributed by atoms with E-state index in [1.807, 2.05) is 44.2 Å². The normalized spacial score (nSPS) is 12.8. The van der Waals surface area contributed by atoms with Crippen LogP contribution in [0.1, 0.15) is 110 Å². The molecule has 1 amide bonds. The van der Waals surface area contributed by atoms with E-state index in [4.69, 9.17) is 18.3 Å². The third-order valence-corrected chi connectivity index (χ3v) is 8.06. The molecule has 0 spiro atoms. The minimum Gasteiger partial charge on any atom is -0.481 e. The smallest absolute Gasteiger partial charge is 0.481 e. The van der Waals surface area contributed by atoms with Crippen molar-refractivity contribution >= 4 is 25.7 Å². The summed E-state index contributed by atoms with van der Waals surface area (Å²) in [6.07, 6.45) is -1.79. The van der Waals surface area contributed by atoms with Crippen LogP contribution in [0.5, 0.6) is 5.75 Å². The van der Waals surface area contributed by atoms with E-state index in [9.17, 15) is 24.1 Å². The van der Waals surface area contributed by atoms with Gasteiger partial charge in [-0.1, -0.05) is 44.2 Å². The highest BCUT2D eigenvalue weighted by molar-refractivity contribution is 7.49. The molecule has 2 aromatic carbocycles. The minimum absolute atomic E-state index is 0.0930. The maximum atomic E-state index is 13.9. The van der Waals surface area contributed by atoms with Gasteiger partial charge in [-0.3, -0.25) is 23.4 Å². The molecule has 2 aromatic rings.